The van der Waals surface area contributed by atoms with Gasteiger partial charge in [-0.25, -0.2) is 4.98 Å². The molecular formula is C13H12BrClN2O. The number of ether oxygens (including phenoxy) is 1. The zero-order valence-corrected chi connectivity index (χ0v) is 12.1. The largest absolute Gasteiger partial charge is 0.437 e. The average molecular weight is 328 g/mol. The fourth-order valence-corrected chi connectivity index (χ4v) is 2.16. The van der Waals surface area contributed by atoms with Crippen LogP contribution < -0.4 is 10.1 Å². The highest BCUT2D eigenvalue weighted by atomic mass is 79.9. The van der Waals surface area contributed by atoms with Gasteiger partial charge in [-0.3, -0.25) is 0 Å². The molecular weight excluding hydrogens is 316 g/mol. The molecule has 0 amide bonds. The second-order valence-corrected chi connectivity index (χ2v) is 5.03. The van der Waals surface area contributed by atoms with Crippen LogP contribution in [0.1, 0.15) is 5.56 Å². The quantitative estimate of drug-likeness (QED) is 0.921. The van der Waals surface area contributed by atoms with Crippen LogP contribution in [0.4, 0.5) is 0 Å². The molecule has 0 aliphatic rings. The van der Waals surface area contributed by atoms with Crippen LogP contribution in [0.15, 0.2) is 41.0 Å². The summed E-state index contributed by atoms with van der Waals surface area (Å²) < 4.78 is 6.53. The molecule has 0 unspecified atom stereocenters. The molecule has 5 heteroatoms. The van der Waals surface area contributed by atoms with Crippen molar-refractivity contribution < 1.29 is 4.74 Å². The van der Waals surface area contributed by atoms with E-state index in [0.717, 1.165) is 16.6 Å². The predicted molar refractivity (Wildman–Crippen MR) is 76.2 cm³/mol. The summed E-state index contributed by atoms with van der Waals surface area (Å²) >= 11 is 9.41. The first-order chi connectivity index (χ1) is 8.69. The lowest BCUT2D eigenvalue weighted by atomic mass is 10.3. The lowest BCUT2D eigenvalue weighted by Gasteiger charge is -2.07. The molecule has 0 bridgehead atoms. The highest BCUT2D eigenvalue weighted by molar-refractivity contribution is 9.10. The van der Waals surface area contributed by atoms with Crippen LogP contribution in [0.25, 0.3) is 0 Å². The third kappa shape index (κ3) is 3.45. The van der Waals surface area contributed by atoms with Gasteiger partial charge in [0.2, 0.25) is 5.88 Å². The monoisotopic (exact) mass is 326 g/mol. The Morgan fingerprint density at radius 2 is 2.17 bits per heavy atom. The number of halogens is 2. The third-order valence-electron chi connectivity index (χ3n) is 2.29. The van der Waals surface area contributed by atoms with Crippen molar-refractivity contribution in [1.29, 1.82) is 0 Å². The van der Waals surface area contributed by atoms with E-state index >= 15 is 0 Å². The molecule has 0 saturated heterocycles. The van der Waals surface area contributed by atoms with Crippen molar-refractivity contribution in [1.82, 2.24) is 10.3 Å². The Morgan fingerprint density at radius 3 is 2.78 bits per heavy atom. The Labute approximate surface area is 119 Å². The molecule has 0 radical (unpaired) electrons. The molecule has 0 spiro atoms. The summed E-state index contributed by atoms with van der Waals surface area (Å²) in [6.45, 7) is 0.784. The molecule has 1 N–H and O–H groups in total. The smallest absolute Gasteiger partial charge is 0.219 e. The minimum absolute atomic E-state index is 0.527. The Morgan fingerprint density at radius 1 is 1.33 bits per heavy atom. The number of nitrogens with one attached hydrogen (secondary N) is 1. The highest BCUT2D eigenvalue weighted by Gasteiger charge is 2.04. The summed E-state index contributed by atoms with van der Waals surface area (Å²) in [6, 6.07) is 9.25. The van der Waals surface area contributed by atoms with E-state index in [2.05, 4.69) is 26.2 Å². The van der Waals surface area contributed by atoms with Crippen molar-refractivity contribution in [2.45, 2.75) is 6.54 Å². The molecule has 0 aliphatic carbocycles. The van der Waals surface area contributed by atoms with E-state index in [1.807, 2.05) is 25.2 Å². The number of hydrogen-bond donors (Lipinski definition) is 1. The fraction of sp³-hybridized carbons (Fsp3) is 0.154. The van der Waals surface area contributed by atoms with Crippen LogP contribution >= 0.6 is 27.5 Å². The first-order valence-electron chi connectivity index (χ1n) is 5.41. The van der Waals surface area contributed by atoms with Gasteiger partial charge in [-0.05, 0) is 30.8 Å². The minimum atomic E-state index is 0.527. The van der Waals surface area contributed by atoms with Gasteiger partial charge in [0.05, 0.1) is 5.02 Å². The third-order valence-corrected chi connectivity index (χ3v) is 3.08. The van der Waals surface area contributed by atoms with Gasteiger partial charge in [0.15, 0.2) is 0 Å². The highest BCUT2D eigenvalue weighted by Crippen LogP contribution is 2.30. The van der Waals surface area contributed by atoms with Gasteiger partial charge in [0.25, 0.3) is 0 Å². The van der Waals surface area contributed by atoms with E-state index in [0.29, 0.717) is 16.7 Å². The van der Waals surface area contributed by atoms with Gasteiger partial charge >= 0.3 is 0 Å². The zero-order valence-electron chi connectivity index (χ0n) is 9.78. The molecule has 18 heavy (non-hydrogen) atoms. The number of rotatable bonds is 4. The predicted octanol–water partition coefficient (Wildman–Crippen LogP) is 4.01. The Balaban J connectivity index is 2.13. The van der Waals surface area contributed by atoms with E-state index in [4.69, 9.17) is 16.3 Å². The molecule has 94 valence electrons. The molecule has 0 atom stereocenters. The Kier molecular flexibility index (Phi) is 4.58. The normalized spacial score (nSPS) is 10.4. The molecule has 0 aliphatic heterocycles. The summed E-state index contributed by atoms with van der Waals surface area (Å²) in [7, 11) is 1.89. The second kappa shape index (κ2) is 6.18. The second-order valence-electron chi connectivity index (χ2n) is 3.71. The fourth-order valence-electron chi connectivity index (χ4n) is 1.45. The van der Waals surface area contributed by atoms with Gasteiger partial charge in [-0.1, -0.05) is 33.6 Å². The van der Waals surface area contributed by atoms with Gasteiger partial charge in [0.1, 0.15) is 5.75 Å². The zero-order chi connectivity index (χ0) is 13.0. The van der Waals surface area contributed by atoms with Crippen LogP contribution in [0.5, 0.6) is 11.6 Å². The summed E-state index contributed by atoms with van der Waals surface area (Å²) in [6.07, 6.45) is 1.78. The standard InChI is InChI=1S/C13H12BrClN2O/c1-16-7-9-2-5-13(17-8-9)18-12-4-3-10(14)6-11(12)15/h2-6,8,16H,7H2,1H3. The Bertz CT molecular complexity index is 531. The van der Waals surface area contributed by atoms with Crippen LogP contribution in [-0.4, -0.2) is 12.0 Å². The summed E-state index contributed by atoms with van der Waals surface area (Å²) in [5.74, 6) is 1.12. The van der Waals surface area contributed by atoms with Crippen molar-refractivity contribution in [2.75, 3.05) is 7.05 Å². The van der Waals surface area contributed by atoms with Crippen molar-refractivity contribution in [3.8, 4) is 11.6 Å². The summed E-state index contributed by atoms with van der Waals surface area (Å²) in [5.41, 5.74) is 1.10. The van der Waals surface area contributed by atoms with Crippen molar-refractivity contribution in [2.24, 2.45) is 0 Å². The molecule has 1 heterocycles. The van der Waals surface area contributed by atoms with Gasteiger partial charge < -0.3 is 10.1 Å². The van der Waals surface area contributed by atoms with Gasteiger partial charge in [-0.2, -0.15) is 0 Å². The molecule has 3 nitrogen and oxygen atoms in total. The number of aromatic nitrogens is 1. The molecule has 1 aromatic heterocycles. The van der Waals surface area contributed by atoms with Gasteiger partial charge in [-0.15, -0.1) is 0 Å². The molecule has 0 fully saturated rings. The van der Waals surface area contributed by atoms with Crippen LogP contribution in [0.3, 0.4) is 0 Å². The van der Waals surface area contributed by atoms with Crippen LogP contribution in [0.2, 0.25) is 5.02 Å². The first kappa shape index (κ1) is 13.3. The van der Waals surface area contributed by atoms with Crippen molar-refractivity contribution in [3.63, 3.8) is 0 Å². The van der Waals surface area contributed by atoms with E-state index in [-0.39, 0.29) is 0 Å². The lowest BCUT2D eigenvalue weighted by molar-refractivity contribution is 0.462. The Hall–Kier alpha value is -1.10. The SMILES string of the molecule is CNCc1ccc(Oc2ccc(Br)cc2Cl)nc1. The van der Waals surface area contributed by atoms with Crippen molar-refractivity contribution in [3.05, 3.63) is 51.6 Å². The summed E-state index contributed by atoms with van der Waals surface area (Å²) in [4.78, 5) is 4.22. The average Bonchev–Trinajstić information content (AvgIpc) is 2.35. The van der Waals surface area contributed by atoms with Gasteiger partial charge in [0, 0.05) is 23.3 Å². The van der Waals surface area contributed by atoms with E-state index < -0.39 is 0 Å². The van der Waals surface area contributed by atoms with E-state index in [9.17, 15) is 0 Å². The summed E-state index contributed by atoms with van der Waals surface area (Å²) in [5, 5.41) is 3.61. The number of hydrogen-bond acceptors (Lipinski definition) is 3. The number of nitrogens with zero attached hydrogens (tertiary/aromatic N) is 1. The van der Waals surface area contributed by atoms with Crippen LogP contribution in [0, 0.1) is 0 Å². The maximum absolute atomic E-state index is 6.07. The first-order valence-corrected chi connectivity index (χ1v) is 6.58. The van der Waals surface area contributed by atoms with E-state index in [1.165, 1.54) is 0 Å². The molecule has 2 rings (SSSR count). The maximum Gasteiger partial charge on any atom is 0.219 e. The van der Waals surface area contributed by atoms with E-state index in [1.54, 1.807) is 18.3 Å². The molecule has 2 aromatic rings. The minimum Gasteiger partial charge on any atom is -0.437 e. The van der Waals surface area contributed by atoms with Crippen LogP contribution in [-0.2, 0) is 6.54 Å². The topological polar surface area (TPSA) is 34.1 Å². The maximum atomic E-state index is 6.07. The number of pyridine rings is 1. The molecule has 1 aromatic carbocycles. The number of benzene rings is 1. The van der Waals surface area contributed by atoms with Crippen molar-refractivity contribution >= 4 is 27.5 Å². The molecule has 0 saturated carbocycles. The lowest BCUT2D eigenvalue weighted by Crippen LogP contribution is -2.05.